The molecule has 0 radical (unpaired) electrons. The zero-order valence-electron chi connectivity index (χ0n) is 10.6. The van der Waals surface area contributed by atoms with E-state index in [1.807, 2.05) is 7.05 Å². The first-order valence-corrected chi connectivity index (χ1v) is 6.32. The van der Waals surface area contributed by atoms with E-state index in [1.165, 1.54) is 0 Å². The minimum absolute atomic E-state index is 0.0527. The molecule has 1 saturated heterocycles. The summed E-state index contributed by atoms with van der Waals surface area (Å²) in [5.41, 5.74) is 0.513. The molecule has 0 bridgehead atoms. The van der Waals surface area contributed by atoms with Crippen LogP contribution >= 0.6 is 11.6 Å². The second-order valence-electron chi connectivity index (χ2n) is 4.41. The van der Waals surface area contributed by atoms with E-state index in [4.69, 9.17) is 16.3 Å². The predicted molar refractivity (Wildman–Crippen MR) is 71.4 cm³/mol. The van der Waals surface area contributed by atoms with Gasteiger partial charge >= 0.3 is 0 Å². The van der Waals surface area contributed by atoms with Gasteiger partial charge in [-0.05, 0) is 31.2 Å². The van der Waals surface area contributed by atoms with E-state index in [0.717, 1.165) is 19.5 Å². The summed E-state index contributed by atoms with van der Waals surface area (Å²) >= 11 is 5.94. The number of halogens is 1. The number of hydrogen-bond donors (Lipinski definition) is 1. The number of ether oxygens (including phenoxy) is 1. The number of carbonyl (C=O) groups excluding carboxylic acids is 1. The smallest absolute Gasteiger partial charge is 0.257 e. The van der Waals surface area contributed by atoms with Crippen LogP contribution in [0.25, 0.3) is 0 Å². The molecule has 1 amide bonds. The maximum absolute atomic E-state index is 12.4. The quantitative estimate of drug-likeness (QED) is 0.909. The molecule has 0 spiro atoms. The maximum Gasteiger partial charge on any atom is 0.257 e. The molecule has 1 fully saturated rings. The highest BCUT2D eigenvalue weighted by atomic mass is 35.5. The number of hydrogen-bond acceptors (Lipinski definition) is 3. The predicted octanol–water partition coefficient (Wildman–Crippen LogP) is 1.78. The number of nitrogens with one attached hydrogen (secondary N) is 1. The van der Waals surface area contributed by atoms with Crippen molar-refractivity contribution in [2.24, 2.45) is 0 Å². The van der Waals surface area contributed by atoms with Crippen molar-refractivity contribution < 1.29 is 9.53 Å². The monoisotopic (exact) mass is 268 g/mol. The third-order valence-electron chi connectivity index (χ3n) is 3.29. The number of carbonyl (C=O) groups is 1. The molecule has 1 atom stereocenters. The zero-order valence-corrected chi connectivity index (χ0v) is 11.3. The zero-order chi connectivity index (χ0) is 13.1. The van der Waals surface area contributed by atoms with Gasteiger partial charge in [-0.2, -0.15) is 0 Å². The van der Waals surface area contributed by atoms with Gasteiger partial charge in [0.05, 0.1) is 12.7 Å². The van der Waals surface area contributed by atoms with Crippen LogP contribution in [0.2, 0.25) is 5.02 Å². The molecule has 1 N–H and O–H groups in total. The number of nitrogens with zero attached hydrogens (tertiary/aromatic N) is 1. The average molecular weight is 269 g/mol. The lowest BCUT2D eigenvalue weighted by molar-refractivity contribution is 0.0740. The molecule has 1 aliphatic rings. The fourth-order valence-corrected chi connectivity index (χ4v) is 2.35. The molecular formula is C13H17ClN2O2. The molecule has 1 aliphatic heterocycles. The summed E-state index contributed by atoms with van der Waals surface area (Å²) in [5.74, 6) is 0.505. The highest BCUT2D eigenvalue weighted by molar-refractivity contribution is 6.31. The number of rotatable bonds is 3. The fourth-order valence-electron chi connectivity index (χ4n) is 2.17. The van der Waals surface area contributed by atoms with Crippen molar-refractivity contribution in [2.45, 2.75) is 12.5 Å². The van der Waals surface area contributed by atoms with E-state index in [9.17, 15) is 4.79 Å². The highest BCUT2D eigenvalue weighted by Gasteiger charge is 2.25. The summed E-state index contributed by atoms with van der Waals surface area (Å²) in [5, 5.41) is 3.79. The van der Waals surface area contributed by atoms with Crippen LogP contribution in [-0.2, 0) is 0 Å². The topological polar surface area (TPSA) is 41.6 Å². The van der Waals surface area contributed by atoms with Gasteiger partial charge < -0.3 is 15.0 Å². The Morgan fingerprint density at radius 2 is 2.33 bits per heavy atom. The molecule has 98 valence electrons. The molecule has 1 aromatic carbocycles. The van der Waals surface area contributed by atoms with Gasteiger partial charge in [-0.3, -0.25) is 4.79 Å². The van der Waals surface area contributed by atoms with Crippen LogP contribution in [0.1, 0.15) is 16.8 Å². The second-order valence-corrected chi connectivity index (χ2v) is 4.84. The Balaban J connectivity index is 2.24. The standard InChI is InChI=1S/C13H17ClN2O2/c1-16(10-5-6-15-8-10)13(17)11-7-9(14)3-4-12(11)18-2/h3-4,7,10,15H,5-6,8H2,1-2H3/t10-/m0/s1. The fraction of sp³-hybridized carbons (Fsp3) is 0.462. The molecule has 1 heterocycles. The average Bonchev–Trinajstić information content (AvgIpc) is 2.90. The van der Waals surface area contributed by atoms with Crippen molar-refractivity contribution in [1.82, 2.24) is 10.2 Å². The third-order valence-corrected chi connectivity index (χ3v) is 3.53. The van der Waals surface area contributed by atoms with Gasteiger partial charge in [-0.1, -0.05) is 11.6 Å². The number of methoxy groups -OCH3 is 1. The van der Waals surface area contributed by atoms with Crippen molar-refractivity contribution in [2.75, 3.05) is 27.2 Å². The van der Waals surface area contributed by atoms with Crippen LogP contribution in [0, 0.1) is 0 Å². The van der Waals surface area contributed by atoms with Gasteiger partial charge in [0.1, 0.15) is 5.75 Å². The lowest BCUT2D eigenvalue weighted by Gasteiger charge is -2.24. The van der Waals surface area contributed by atoms with Crippen molar-refractivity contribution in [1.29, 1.82) is 0 Å². The first-order chi connectivity index (χ1) is 8.63. The first-order valence-electron chi connectivity index (χ1n) is 5.95. The Kier molecular flexibility index (Phi) is 4.09. The Morgan fingerprint density at radius 3 is 2.94 bits per heavy atom. The summed E-state index contributed by atoms with van der Waals surface area (Å²) in [6.07, 6.45) is 0.977. The Hall–Kier alpha value is -1.26. The SMILES string of the molecule is COc1ccc(Cl)cc1C(=O)N(C)[C@H]1CCNC1. The summed E-state index contributed by atoms with van der Waals surface area (Å²) in [4.78, 5) is 14.2. The molecule has 4 nitrogen and oxygen atoms in total. The number of benzene rings is 1. The van der Waals surface area contributed by atoms with E-state index < -0.39 is 0 Å². The van der Waals surface area contributed by atoms with Gasteiger partial charge in [-0.15, -0.1) is 0 Å². The van der Waals surface area contributed by atoms with E-state index in [2.05, 4.69) is 5.32 Å². The Bertz CT molecular complexity index is 445. The van der Waals surface area contributed by atoms with Gasteiger partial charge in [-0.25, -0.2) is 0 Å². The van der Waals surface area contributed by atoms with Crippen molar-refractivity contribution in [3.8, 4) is 5.75 Å². The number of likely N-dealkylation sites (N-methyl/N-ethyl adjacent to an activating group) is 1. The van der Waals surface area contributed by atoms with Gasteiger partial charge in [0, 0.05) is 24.7 Å². The van der Waals surface area contributed by atoms with Gasteiger partial charge in [0.2, 0.25) is 0 Å². The Labute approximate surface area is 112 Å². The molecular weight excluding hydrogens is 252 g/mol. The number of amides is 1. The van der Waals surface area contributed by atoms with Crippen LogP contribution in [0.4, 0.5) is 0 Å². The molecule has 0 saturated carbocycles. The minimum Gasteiger partial charge on any atom is -0.496 e. The molecule has 1 aromatic rings. The lowest BCUT2D eigenvalue weighted by atomic mass is 10.1. The van der Waals surface area contributed by atoms with Crippen molar-refractivity contribution in [3.05, 3.63) is 28.8 Å². The molecule has 18 heavy (non-hydrogen) atoms. The molecule has 5 heteroatoms. The summed E-state index contributed by atoms with van der Waals surface area (Å²) in [6, 6.07) is 5.33. The Morgan fingerprint density at radius 1 is 1.56 bits per heavy atom. The van der Waals surface area contributed by atoms with Crippen LogP contribution in [0.15, 0.2) is 18.2 Å². The largest absolute Gasteiger partial charge is 0.496 e. The van der Waals surface area contributed by atoms with E-state index in [-0.39, 0.29) is 11.9 Å². The van der Waals surface area contributed by atoms with Crippen LogP contribution in [-0.4, -0.2) is 44.1 Å². The van der Waals surface area contributed by atoms with E-state index in [0.29, 0.717) is 16.3 Å². The molecule has 2 rings (SSSR count). The lowest BCUT2D eigenvalue weighted by Crippen LogP contribution is -2.38. The molecule has 0 unspecified atom stereocenters. The van der Waals surface area contributed by atoms with Gasteiger partial charge in [0.15, 0.2) is 0 Å². The van der Waals surface area contributed by atoms with Crippen LogP contribution in [0.3, 0.4) is 0 Å². The van der Waals surface area contributed by atoms with Crippen molar-refractivity contribution in [3.63, 3.8) is 0 Å². The second kappa shape index (κ2) is 5.59. The molecule has 0 aromatic heterocycles. The maximum atomic E-state index is 12.4. The highest BCUT2D eigenvalue weighted by Crippen LogP contribution is 2.24. The summed E-state index contributed by atoms with van der Waals surface area (Å²) in [7, 11) is 3.37. The normalized spacial score (nSPS) is 18.7. The molecule has 0 aliphatic carbocycles. The van der Waals surface area contributed by atoms with E-state index in [1.54, 1.807) is 30.2 Å². The van der Waals surface area contributed by atoms with Gasteiger partial charge in [0.25, 0.3) is 5.91 Å². The van der Waals surface area contributed by atoms with E-state index >= 15 is 0 Å². The summed E-state index contributed by atoms with van der Waals surface area (Å²) < 4.78 is 5.21. The van der Waals surface area contributed by atoms with Crippen LogP contribution in [0.5, 0.6) is 5.75 Å². The van der Waals surface area contributed by atoms with Crippen LogP contribution < -0.4 is 10.1 Å². The first kappa shape index (κ1) is 13.2. The summed E-state index contributed by atoms with van der Waals surface area (Å²) in [6.45, 7) is 1.79. The third kappa shape index (κ3) is 2.60. The minimum atomic E-state index is -0.0527. The van der Waals surface area contributed by atoms with Crippen molar-refractivity contribution >= 4 is 17.5 Å².